The zero-order valence-electron chi connectivity index (χ0n) is 11.8. The van der Waals surface area contributed by atoms with E-state index in [9.17, 15) is 8.78 Å². The summed E-state index contributed by atoms with van der Waals surface area (Å²) in [5.74, 6) is -0.669. The molecule has 2 nitrogen and oxygen atoms in total. The van der Waals surface area contributed by atoms with Crippen molar-refractivity contribution in [1.29, 1.82) is 0 Å². The van der Waals surface area contributed by atoms with Crippen LogP contribution in [0.1, 0.15) is 25.0 Å². The van der Waals surface area contributed by atoms with Gasteiger partial charge in [0.2, 0.25) is 0 Å². The van der Waals surface area contributed by atoms with Gasteiger partial charge in [0.25, 0.3) is 0 Å². The minimum absolute atomic E-state index is 0.335. The first-order chi connectivity index (χ1) is 9.94. The third-order valence-corrected chi connectivity index (χ3v) is 3.19. The van der Waals surface area contributed by atoms with Gasteiger partial charge in [-0.3, -0.25) is 9.98 Å². The minimum atomic E-state index is -0.636. The van der Waals surface area contributed by atoms with Gasteiger partial charge >= 0.3 is 0 Å². The lowest BCUT2D eigenvalue weighted by Crippen LogP contribution is -2.14. The summed E-state index contributed by atoms with van der Waals surface area (Å²) in [7, 11) is 0. The van der Waals surface area contributed by atoms with E-state index in [2.05, 4.69) is 9.98 Å². The molecule has 1 aliphatic heterocycles. The number of halogens is 2. The van der Waals surface area contributed by atoms with Gasteiger partial charge in [0.1, 0.15) is 17.3 Å². The predicted molar refractivity (Wildman–Crippen MR) is 80.0 cm³/mol. The summed E-state index contributed by atoms with van der Waals surface area (Å²) >= 11 is 0. The molecule has 0 saturated heterocycles. The van der Waals surface area contributed by atoms with Crippen LogP contribution in [0.15, 0.2) is 58.5 Å². The van der Waals surface area contributed by atoms with Crippen LogP contribution < -0.4 is 0 Å². The van der Waals surface area contributed by atoms with Crippen LogP contribution in [0, 0.1) is 11.6 Å². The lowest BCUT2D eigenvalue weighted by atomic mass is 10.00. The highest BCUT2D eigenvalue weighted by atomic mass is 19.1. The Bertz CT molecular complexity index is 697. The van der Waals surface area contributed by atoms with Gasteiger partial charge < -0.3 is 0 Å². The summed E-state index contributed by atoms with van der Waals surface area (Å²) in [6.07, 6.45) is 0. The van der Waals surface area contributed by atoms with Gasteiger partial charge in [0.05, 0.1) is 11.4 Å². The first kappa shape index (κ1) is 13.6. The summed E-state index contributed by atoms with van der Waals surface area (Å²) < 4.78 is 26.9. The molecule has 0 aromatic heterocycles. The van der Waals surface area contributed by atoms with Crippen molar-refractivity contribution in [3.8, 4) is 0 Å². The van der Waals surface area contributed by atoms with E-state index in [-0.39, 0.29) is 11.6 Å². The van der Waals surface area contributed by atoms with Gasteiger partial charge in [-0.25, -0.2) is 8.78 Å². The van der Waals surface area contributed by atoms with Crippen molar-refractivity contribution >= 4 is 11.4 Å². The zero-order chi connectivity index (χ0) is 15.0. The van der Waals surface area contributed by atoms with E-state index in [4.69, 9.17) is 0 Å². The van der Waals surface area contributed by atoms with E-state index < -0.39 is 5.66 Å². The van der Waals surface area contributed by atoms with E-state index >= 15 is 0 Å². The largest absolute Gasteiger partial charge is 0.253 e. The SMILES string of the molecule is CC1(C)N=C(c2cccc(F)c2)C(c2cccc(F)c2)=N1. The molecule has 0 N–H and O–H groups in total. The van der Waals surface area contributed by atoms with Crippen LogP contribution in [0.25, 0.3) is 0 Å². The number of aliphatic imine (C=N–C) groups is 2. The molecule has 2 aromatic rings. The third-order valence-electron chi connectivity index (χ3n) is 3.19. The molecule has 0 aliphatic carbocycles. The lowest BCUT2D eigenvalue weighted by molar-refractivity contribution is 0.566. The van der Waals surface area contributed by atoms with Crippen LogP contribution in [0.4, 0.5) is 8.78 Å². The Morgan fingerprint density at radius 1 is 0.762 bits per heavy atom. The zero-order valence-corrected chi connectivity index (χ0v) is 11.8. The second-order valence-corrected chi connectivity index (χ2v) is 5.44. The Balaban J connectivity index is 2.13. The average Bonchev–Trinajstić information content (AvgIpc) is 2.75. The van der Waals surface area contributed by atoms with Gasteiger partial charge in [-0.05, 0) is 38.1 Å². The molecule has 1 aliphatic rings. The van der Waals surface area contributed by atoms with Crippen LogP contribution in [0.3, 0.4) is 0 Å². The summed E-state index contributed by atoms with van der Waals surface area (Å²) in [5, 5.41) is 0. The first-order valence-corrected chi connectivity index (χ1v) is 6.67. The Morgan fingerprint density at radius 2 is 1.19 bits per heavy atom. The number of hydrogen-bond donors (Lipinski definition) is 0. The van der Waals surface area contributed by atoms with Crippen LogP contribution in [0.5, 0.6) is 0 Å². The quantitative estimate of drug-likeness (QED) is 0.796. The van der Waals surface area contributed by atoms with Crippen molar-refractivity contribution < 1.29 is 8.78 Å². The monoisotopic (exact) mass is 284 g/mol. The Kier molecular flexibility index (Phi) is 3.16. The molecule has 2 aromatic carbocycles. The molecule has 1 heterocycles. The molecule has 106 valence electrons. The van der Waals surface area contributed by atoms with Crippen LogP contribution in [-0.2, 0) is 0 Å². The molecule has 21 heavy (non-hydrogen) atoms. The summed E-state index contributed by atoms with van der Waals surface area (Å²) in [4.78, 5) is 9.09. The van der Waals surface area contributed by atoms with E-state index in [1.165, 1.54) is 24.3 Å². The maximum absolute atomic E-state index is 13.5. The summed E-state index contributed by atoms with van der Waals surface area (Å²) in [5.41, 5.74) is 1.82. The van der Waals surface area contributed by atoms with Crippen molar-refractivity contribution in [2.24, 2.45) is 9.98 Å². The molecular formula is C17H14F2N2. The topological polar surface area (TPSA) is 24.7 Å². The molecule has 0 atom stereocenters. The van der Waals surface area contributed by atoms with Gasteiger partial charge in [-0.2, -0.15) is 0 Å². The number of benzene rings is 2. The van der Waals surface area contributed by atoms with Crippen LogP contribution in [0.2, 0.25) is 0 Å². The fourth-order valence-corrected chi connectivity index (χ4v) is 2.35. The number of hydrogen-bond acceptors (Lipinski definition) is 2. The van der Waals surface area contributed by atoms with E-state index in [1.54, 1.807) is 24.3 Å². The van der Waals surface area contributed by atoms with Crippen molar-refractivity contribution in [3.63, 3.8) is 0 Å². The number of nitrogens with zero attached hydrogens (tertiary/aromatic N) is 2. The molecule has 0 amide bonds. The molecule has 0 radical (unpaired) electrons. The Labute approximate surface area is 121 Å². The average molecular weight is 284 g/mol. The molecule has 3 rings (SSSR count). The van der Waals surface area contributed by atoms with Crippen LogP contribution in [-0.4, -0.2) is 17.1 Å². The van der Waals surface area contributed by atoms with E-state index in [1.807, 2.05) is 13.8 Å². The van der Waals surface area contributed by atoms with Gasteiger partial charge in [0.15, 0.2) is 0 Å². The fourth-order valence-electron chi connectivity index (χ4n) is 2.35. The highest BCUT2D eigenvalue weighted by Gasteiger charge is 2.28. The summed E-state index contributed by atoms with van der Waals surface area (Å²) in [6.45, 7) is 3.72. The smallest absolute Gasteiger partial charge is 0.146 e. The molecule has 0 bridgehead atoms. The molecule has 0 saturated carbocycles. The predicted octanol–water partition coefficient (Wildman–Crippen LogP) is 3.99. The minimum Gasteiger partial charge on any atom is -0.253 e. The number of rotatable bonds is 2. The van der Waals surface area contributed by atoms with E-state index in [0.29, 0.717) is 22.6 Å². The molecule has 0 fully saturated rings. The standard InChI is InChI=1S/C17H14F2N2/c1-17(2)20-15(11-5-3-7-13(18)9-11)16(21-17)12-6-4-8-14(19)10-12/h3-10H,1-2H3. The van der Waals surface area contributed by atoms with E-state index in [0.717, 1.165) is 0 Å². The maximum Gasteiger partial charge on any atom is 0.146 e. The van der Waals surface area contributed by atoms with Gasteiger partial charge in [0, 0.05) is 11.1 Å². The second-order valence-electron chi connectivity index (χ2n) is 5.44. The molecular weight excluding hydrogens is 270 g/mol. The van der Waals surface area contributed by atoms with Gasteiger partial charge in [-0.15, -0.1) is 0 Å². The fraction of sp³-hybridized carbons (Fsp3) is 0.176. The maximum atomic E-state index is 13.5. The molecule has 4 heteroatoms. The Hall–Kier alpha value is -2.36. The van der Waals surface area contributed by atoms with Gasteiger partial charge in [-0.1, -0.05) is 24.3 Å². The highest BCUT2D eigenvalue weighted by molar-refractivity contribution is 6.54. The molecule has 0 unspecified atom stereocenters. The first-order valence-electron chi connectivity index (χ1n) is 6.67. The second kappa shape index (κ2) is 4.88. The molecule has 0 spiro atoms. The third kappa shape index (κ3) is 2.75. The van der Waals surface area contributed by atoms with Crippen molar-refractivity contribution in [2.75, 3.05) is 0 Å². The Morgan fingerprint density at radius 3 is 1.57 bits per heavy atom. The van der Waals surface area contributed by atoms with Crippen molar-refractivity contribution in [3.05, 3.63) is 71.3 Å². The highest BCUT2D eigenvalue weighted by Crippen LogP contribution is 2.25. The van der Waals surface area contributed by atoms with Crippen molar-refractivity contribution in [2.45, 2.75) is 19.5 Å². The summed E-state index contributed by atoms with van der Waals surface area (Å²) in [6, 6.07) is 12.4. The lowest BCUT2D eigenvalue weighted by Gasteiger charge is -2.07. The normalized spacial score (nSPS) is 16.6. The van der Waals surface area contributed by atoms with Crippen molar-refractivity contribution in [1.82, 2.24) is 0 Å². The van der Waals surface area contributed by atoms with Crippen LogP contribution >= 0.6 is 0 Å².